The fraction of sp³-hybridized carbons (Fsp3) is 0.571. The van der Waals surface area contributed by atoms with Crippen LogP contribution in [0.1, 0.15) is 17.8 Å². The highest BCUT2D eigenvalue weighted by molar-refractivity contribution is 5.85. The van der Waals surface area contributed by atoms with Crippen LogP contribution in [0.15, 0.2) is 11.6 Å². The zero-order valence-electron chi connectivity index (χ0n) is 12.7. The summed E-state index contributed by atoms with van der Waals surface area (Å²) in [5.41, 5.74) is 3.00. The molecule has 1 aliphatic heterocycles. The zero-order chi connectivity index (χ0) is 14.5. The van der Waals surface area contributed by atoms with E-state index in [1.54, 1.807) is 4.68 Å². The first-order valence-electron chi connectivity index (χ1n) is 6.86. The number of nitrogens with zero attached hydrogens (tertiary/aromatic N) is 2. The van der Waals surface area contributed by atoms with Gasteiger partial charge in [0.2, 0.25) is 0 Å². The molecule has 0 bridgehead atoms. The van der Waals surface area contributed by atoms with E-state index in [1.807, 2.05) is 20.9 Å². The molecule has 0 fully saturated rings. The first kappa shape index (κ1) is 17.5. The van der Waals surface area contributed by atoms with Gasteiger partial charge in [-0.1, -0.05) is 11.6 Å². The van der Waals surface area contributed by atoms with Crippen molar-refractivity contribution < 1.29 is 9.53 Å². The predicted molar refractivity (Wildman–Crippen MR) is 84.0 cm³/mol. The molecule has 0 saturated heterocycles. The minimum atomic E-state index is -0.105. The fourth-order valence-corrected chi connectivity index (χ4v) is 2.19. The molecular formula is C14H23ClN4O2. The van der Waals surface area contributed by atoms with E-state index in [-0.39, 0.29) is 24.9 Å². The smallest absolute Gasteiger partial charge is 0.258 e. The molecule has 0 radical (unpaired) electrons. The molecule has 0 aromatic carbocycles. The van der Waals surface area contributed by atoms with Crippen molar-refractivity contribution in [2.45, 2.75) is 20.3 Å². The molecule has 21 heavy (non-hydrogen) atoms. The third-order valence-corrected chi connectivity index (χ3v) is 3.46. The van der Waals surface area contributed by atoms with Crippen LogP contribution < -0.4 is 15.4 Å². The van der Waals surface area contributed by atoms with Crippen LogP contribution in [0.2, 0.25) is 0 Å². The monoisotopic (exact) mass is 314 g/mol. The Morgan fingerprint density at radius 1 is 1.52 bits per heavy atom. The van der Waals surface area contributed by atoms with Crippen molar-refractivity contribution in [3.63, 3.8) is 0 Å². The van der Waals surface area contributed by atoms with Gasteiger partial charge in [-0.25, -0.2) is 0 Å². The van der Waals surface area contributed by atoms with Crippen LogP contribution in [-0.4, -0.2) is 41.9 Å². The van der Waals surface area contributed by atoms with Crippen molar-refractivity contribution in [3.05, 3.63) is 23.0 Å². The largest absolute Gasteiger partial charge is 0.480 e. The summed E-state index contributed by atoms with van der Waals surface area (Å²) in [4.78, 5) is 11.8. The highest BCUT2D eigenvalue weighted by Crippen LogP contribution is 2.20. The lowest BCUT2D eigenvalue weighted by Crippen LogP contribution is -2.32. The Morgan fingerprint density at radius 2 is 2.29 bits per heavy atom. The summed E-state index contributed by atoms with van der Waals surface area (Å²) in [6.45, 7) is 6.29. The van der Waals surface area contributed by atoms with E-state index < -0.39 is 0 Å². The van der Waals surface area contributed by atoms with Gasteiger partial charge in [0.1, 0.15) is 5.69 Å². The van der Waals surface area contributed by atoms with Crippen molar-refractivity contribution in [2.24, 2.45) is 7.05 Å². The van der Waals surface area contributed by atoms with Crippen LogP contribution in [0.4, 0.5) is 0 Å². The Kier molecular flexibility index (Phi) is 6.71. The van der Waals surface area contributed by atoms with Gasteiger partial charge in [0.05, 0.1) is 5.69 Å². The maximum Gasteiger partial charge on any atom is 0.258 e. The number of hydrogen-bond donors (Lipinski definition) is 2. The van der Waals surface area contributed by atoms with Crippen LogP contribution >= 0.6 is 12.4 Å². The Bertz CT molecular complexity index is 525. The lowest BCUT2D eigenvalue weighted by Gasteiger charge is -2.14. The van der Waals surface area contributed by atoms with Crippen LogP contribution in [0.3, 0.4) is 0 Å². The Labute approximate surface area is 131 Å². The second kappa shape index (κ2) is 8.05. The number of amides is 1. The molecule has 7 heteroatoms. The number of ether oxygens (including phenoxy) is 1. The molecule has 0 spiro atoms. The second-order valence-corrected chi connectivity index (χ2v) is 5.01. The molecule has 0 unspecified atom stereocenters. The van der Waals surface area contributed by atoms with Gasteiger partial charge < -0.3 is 15.4 Å². The second-order valence-electron chi connectivity index (χ2n) is 5.01. The zero-order valence-corrected chi connectivity index (χ0v) is 13.5. The summed E-state index contributed by atoms with van der Waals surface area (Å²) >= 11 is 0. The van der Waals surface area contributed by atoms with Crippen LogP contribution in [-0.2, 0) is 11.8 Å². The molecule has 1 aromatic heterocycles. The average molecular weight is 315 g/mol. The summed E-state index contributed by atoms with van der Waals surface area (Å²) in [5.74, 6) is 0.593. The van der Waals surface area contributed by atoms with E-state index in [0.717, 1.165) is 30.9 Å². The average Bonchev–Trinajstić information content (AvgIpc) is 2.69. The minimum Gasteiger partial charge on any atom is -0.480 e. The summed E-state index contributed by atoms with van der Waals surface area (Å²) in [7, 11) is 1.86. The van der Waals surface area contributed by atoms with Gasteiger partial charge in [0.15, 0.2) is 12.4 Å². The molecule has 0 atom stereocenters. The van der Waals surface area contributed by atoms with E-state index in [9.17, 15) is 4.79 Å². The van der Waals surface area contributed by atoms with Crippen molar-refractivity contribution >= 4 is 18.3 Å². The van der Waals surface area contributed by atoms with Gasteiger partial charge >= 0.3 is 0 Å². The van der Waals surface area contributed by atoms with Crippen LogP contribution in [0.25, 0.3) is 0 Å². The quantitative estimate of drug-likeness (QED) is 0.792. The number of hydrogen-bond acceptors (Lipinski definition) is 4. The molecule has 118 valence electrons. The molecule has 0 saturated carbocycles. The third kappa shape index (κ3) is 4.75. The number of aromatic nitrogens is 2. The first-order chi connectivity index (χ1) is 9.58. The summed E-state index contributed by atoms with van der Waals surface area (Å²) in [6, 6.07) is 0. The number of aryl methyl sites for hydroxylation is 2. The van der Waals surface area contributed by atoms with Gasteiger partial charge in [-0.15, -0.1) is 12.4 Å². The molecule has 1 amide bonds. The van der Waals surface area contributed by atoms with Crippen molar-refractivity contribution in [1.82, 2.24) is 20.4 Å². The highest BCUT2D eigenvalue weighted by atomic mass is 35.5. The molecule has 1 aromatic rings. The molecule has 1 aliphatic rings. The topological polar surface area (TPSA) is 68.2 Å². The molecule has 6 nitrogen and oxygen atoms in total. The fourth-order valence-electron chi connectivity index (χ4n) is 2.19. The van der Waals surface area contributed by atoms with Crippen molar-refractivity contribution in [1.29, 1.82) is 0 Å². The van der Waals surface area contributed by atoms with E-state index in [4.69, 9.17) is 4.74 Å². The van der Waals surface area contributed by atoms with Crippen molar-refractivity contribution in [2.75, 3.05) is 26.2 Å². The Morgan fingerprint density at radius 3 is 2.86 bits per heavy atom. The normalized spacial score (nSPS) is 14.1. The minimum absolute atomic E-state index is 0. The molecule has 2 rings (SSSR count). The standard InChI is InChI=1S/C14H22N4O2.ClH/c1-10-14(11(2)18(3)17-10)20-9-13(19)16-8-12-4-6-15-7-5-12;/h4,15H,5-9H2,1-3H3,(H,16,19);1H. The Hall–Kier alpha value is -1.53. The molecule has 2 N–H and O–H groups in total. The van der Waals surface area contributed by atoms with Gasteiger partial charge in [-0.05, 0) is 26.8 Å². The Balaban J connectivity index is 0.00000220. The maximum absolute atomic E-state index is 11.8. The summed E-state index contributed by atoms with van der Waals surface area (Å²) in [5, 5.41) is 10.4. The molecule has 2 heterocycles. The third-order valence-electron chi connectivity index (χ3n) is 3.46. The number of nitrogens with one attached hydrogen (secondary N) is 2. The number of carbonyl (C=O) groups is 1. The lowest BCUT2D eigenvalue weighted by molar-refractivity contribution is -0.122. The van der Waals surface area contributed by atoms with Crippen LogP contribution in [0.5, 0.6) is 5.75 Å². The molecular weight excluding hydrogens is 292 g/mol. The van der Waals surface area contributed by atoms with E-state index in [1.165, 1.54) is 5.57 Å². The lowest BCUT2D eigenvalue weighted by atomic mass is 10.1. The van der Waals surface area contributed by atoms with Gasteiger partial charge in [-0.3, -0.25) is 9.48 Å². The maximum atomic E-state index is 11.8. The molecule has 0 aliphatic carbocycles. The van der Waals surface area contributed by atoms with E-state index in [2.05, 4.69) is 21.8 Å². The highest BCUT2D eigenvalue weighted by Gasteiger charge is 2.12. The first-order valence-corrected chi connectivity index (χ1v) is 6.86. The number of rotatable bonds is 5. The summed E-state index contributed by atoms with van der Waals surface area (Å²) < 4.78 is 7.32. The van der Waals surface area contributed by atoms with E-state index in [0.29, 0.717) is 12.3 Å². The SMILES string of the molecule is Cc1nn(C)c(C)c1OCC(=O)NCC1=CCNCC1.Cl. The number of halogens is 1. The summed E-state index contributed by atoms with van der Waals surface area (Å²) in [6.07, 6.45) is 3.11. The van der Waals surface area contributed by atoms with Crippen LogP contribution in [0, 0.1) is 13.8 Å². The van der Waals surface area contributed by atoms with Gasteiger partial charge in [0, 0.05) is 20.1 Å². The van der Waals surface area contributed by atoms with E-state index >= 15 is 0 Å². The van der Waals surface area contributed by atoms with Gasteiger partial charge in [0.25, 0.3) is 5.91 Å². The predicted octanol–water partition coefficient (Wildman–Crippen LogP) is 0.873. The van der Waals surface area contributed by atoms with Crippen molar-refractivity contribution in [3.8, 4) is 5.75 Å². The van der Waals surface area contributed by atoms with Gasteiger partial charge in [-0.2, -0.15) is 5.10 Å². The number of carbonyl (C=O) groups excluding carboxylic acids is 1.